The normalized spacial score (nSPS) is 19.4. The van der Waals surface area contributed by atoms with Crippen LogP contribution in [0.3, 0.4) is 0 Å². The van der Waals surface area contributed by atoms with E-state index in [0.717, 1.165) is 27.4 Å². The van der Waals surface area contributed by atoms with Crippen LogP contribution in [-0.2, 0) is 32.6 Å². The van der Waals surface area contributed by atoms with Gasteiger partial charge in [0.1, 0.15) is 6.04 Å². The van der Waals surface area contributed by atoms with Gasteiger partial charge in [-0.1, -0.05) is 30.3 Å². The molecular formula is C22H24N2O4S. The second-order valence-corrected chi connectivity index (χ2v) is 9.59. The summed E-state index contributed by atoms with van der Waals surface area (Å²) in [6, 6.07) is 11.8. The Hall–Kier alpha value is -2.67. The summed E-state index contributed by atoms with van der Waals surface area (Å²) in [6.45, 7) is 4.69. The first-order valence-corrected chi connectivity index (χ1v) is 11.2. The van der Waals surface area contributed by atoms with Gasteiger partial charge in [-0.3, -0.25) is 9.59 Å². The summed E-state index contributed by atoms with van der Waals surface area (Å²) in [4.78, 5) is 27.5. The molecule has 2 aromatic rings. The molecule has 6 nitrogen and oxygen atoms in total. The Morgan fingerprint density at radius 3 is 2.45 bits per heavy atom. The number of carbonyl (C=O) groups excluding carboxylic acids is 2. The predicted octanol–water partition coefficient (Wildman–Crippen LogP) is 2.57. The lowest BCUT2D eigenvalue weighted by Crippen LogP contribution is -2.50. The van der Waals surface area contributed by atoms with Gasteiger partial charge in [-0.15, -0.1) is 0 Å². The molecule has 152 valence electrons. The Bertz CT molecular complexity index is 1090. The number of rotatable bonds is 3. The monoisotopic (exact) mass is 412 g/mol. The Balaban J connectivity index is 1.63. The van der Waals surface area contributed by atoms with E-state index in [2.05, 4.69) is 0 Å². The van der Waals surface area contributed by atoms with Crippen molar-refractivity contribution in [2.75, 3.05) is 6.54 Å². The first kappa shape index (κ1) is 19.6. The van der Waals surface area contributed by atoms with Crippen molar-refractivity contribution in [2.45, 2.75) is 50.6 Å². The summed E-state index contributed by atoms with van der Waals surface area (Å²) in [5.41, 5.74) is 4.07. The minimum absolute atomic E-state index is 0.0534. The van der Waals surface area contributed by atoms with E-state index in [1.165, 1.54) is 11.6 Å². The maximum atomic E-state index is 13.2. The van der Waals surface area contributed by atoms with Crippen LogP contribution >= 0.6 is 0 Å². The van der Waals surface area contributed by atoms with E-state index in [1.54, 1.807) is 17.0 Å². The standard InChI is InChI=1S/C22H24N2O4S/c1-15-7-8-19(13-16(15)2)29(27,28)24-20(9-10-21(24)25)22(26)23-12-11-17-5-3-4-6-18(17)14-23/h3-8,13,20H,9-12,14H2,1-2H3. The molecule has 1 unspecified atom stereocenters. The van der Waals surface area contributed by atoms with Crippen molar-refractivity contribution < 1.29 is 18.0 Å². The molecule has 2 heterocycles. The molecule has 7 heteroatoms. The minimum atomic E-state index is -4.08. The average Bonchev–Trinajstić information content (AvgIpc) is 3.11. The van der Waals surface area contributed by atoms with Crippen LogP contribution in [0.15, 0.2) is 47.4 Å². The number of fused-ring (bicyclic) bond motifs is 1. The van der Waals surface area contributed by atoms with Crippen molar-refractivity contribution in [3.05, 3.63) is 64.7 Å². The fourth-order valence-corrected chi connectivity index (χ4v) is 5.75. The van der Waals surface area contributed by atoms with Gasteiger partial charge in [-0.05, 0) is 61.1 Å². The highest BCUT2D eigenvalue weighted by atomic mass is 32.2. The van der Waals surface area contributed by atoms with Crippen LogP contribution in [-0.4, -0.2) is 42.0 Å². The highest BCUT2D eigenvalue weighted by Crippen LogP contribution is 2.30. The van der Waals surface area contributed by atoms with E-state index < -0.39 is 22.0 Å². The summed E-state index contributed by atoms with van der Waals surface area (Å²) in [5.74, 6) is -0.809. The number of nitrogens with zero attached hydrogens (tertiary/aromatic N) is 2. The van der Waals surface area contributed by atoms with Crippen LogP contribution in [0, 0.1) is 13.8 Å². The lowest BCUT2D eigenvalue weighted by molar-refractivity contribution is -0.138. The molecule has 0 radical (unpaired) electrons. The van der Waals surface area contributed by atoms with Crippen LogP contribution in [0.4, 0.5) is 0 Å². The number of amides is 2. The van der Waals surface area contributed by atoms with Gasteiger partial charge in [0, 0.05) is 19.5 Å². The van der Waals surface area contributed by atoms with E-state index in [9.17, 15) is 18.0 Å². The summed E-state index contributed by atoms with van der Waals surface area (Å²) < 4.78 is 27.3. The van der Waals surface area contributed by atoms with Crippen LogP contribution in [0.5, 0.6) is 0 Å². The van der Waals surface area contributed by atoms with E-state index >= 15 is 0 Å². The Morgan fingerprint density at radius 1 is 1.00 bits per heavy atom. The lowest BCUT2D eigenvalue weighted by atomic mass is 9.99. The fraction of sp³-hybridized carbons (Fsp3) is 0.364. The zero-order chi connectivity index (χ0) is 20.8. The maximum absolute atomic E-state index is 13.2. The number of sulfonamides is 1. The van der Waals surface area contributed by atoms with Crippen molar-refractivity contribution in [2.24, 2.45) is 0 Å². The molecule has 2 aromatic carbocycles. The van der Waals surface area contributed by atoms with Crippen LogP contribution in [0.1, 0.15) is 35.1 Å². The number of benzene rings is 2. The van der Waals surface area contributed by atoms with Gasteiger partial charge in [0.15, 0.2) is 0 Å². The number of hydrogen-bond donors (Lipinski definition) is 0. The number of hydrogen-bond acceptors (Lipinski definition) is 4. The maximum Gasteiger partial charge on any atom is 0.267 e. The van der Waals surface area contributed by atoms with Crippen molar-refractivity contribution in [1.29, 1.82) is 0 Å². The molecule has 0 spiro atoms. The predicted molar refractivity (Wildman–Crippen MR) is 109 cm³/mol. The smallest absolute Gasteiger partial charge is 0.267 e. The third-order valence-electron chi connectivity index (χ3n) is 5.92. The second-order valence-electron chi connectivity index (χ2n) is 7.77. The molecule has 1 saturated heterocycles. The summed E-state index contributed by atoms with van der Waals surface area (Å²) in [7, 11) is -4.08. The molecule has 0 aliphatic carbocycles. The third-order valence-corrected chi connectivity index (χ3v) is 7.75. The molecule has 2 amide bonds. The molecule has 1 fully saturated rings. The largest absolute Gasteiger partial charge is 0.336 e. The van der Waals surface area contributed by atoms with Gasteiger partial charge < -0.3 is 4.90 Å². The van der Waals surface area contributed by atoms with Gasteiger partial charge in [-0.25, -0.2) is 12.7 Å². The fourth-order valence-electron chi connectivity index (χ4n) is 4.07. The molecule has 29 heavy (non-hydrogen) atoms. The minimum Gasteiger partial charge on any atom is -0.336 e. The van der Waals surface area contributed by atoms with Crippen molar-refractivity contribution >= 4 is 21.8 Å². The highest BCUT2D eigenvalue weighted by Gasteiger charge is 2.45. The second kappa shape index (κ2) is 7.30. The molecule has 1 atom stereocenters. The van der Waals surface area contributed by atoms with Crippen LogP contribution in [0.25, 0.3) is 0 Å². The first-order valence-electron chi connectivity index (χ1n) is 9.79. The zero-order valence-electron chi connectivity index (χ0n) is 16.6. The van der Waals surface area contributed by atoms with Gasteiger partial charge in [0.25, 0.3) is 10.0 Å². The van der Waals surface area contributed by atoms with Crippen molar-refractivity contribution in [3.8, 4) is 0 Å². The number of aryl methyl sites for hydroxylation is 2. The quantitative estimate of drug-likeness (QED) is 0.777. The van der Waals surface area contributed by atoms with Gasteiger partial charge in [0.05, 0.1) is 4.90 Å². The summed E-state index contributed by atoms with van der Waals surface area (Å²) in [5, 5.41) is 0. The van der Waals surface area contributed by atoms with Crippen molar-refractivity contribution in [1.82, 2.24) is 9.21 Å². The molecular weight excluding hydrogens is 388 g/mol. The SMILES string of the molecule is Cc1ccc(S(=O)(=O)N2C(=O)CCC2C(=O)N2CCc3ccccc3C2)cc1C. The van der Waals surface area contributed by atoms with E-state index in [0.29, 0.717) is 13.1 Å². The molecule has 2 aliphatic heterocycles. The van der Waals surface area contributed by atoms with Gasteiger partial charge in [-0.2, -0.15) is 0 Å². The Morgan fingerprint density at radius 2 is 1.72 bits per heavy atom. The van der Waals surface area contributed by atoms with Gasteiger partial charge in [0.2, 0.25) is 11.8 Å². The Kier molecular flexibility index (Phi) is 4.94. The van der Waals surface area contributed by atoms with Gasteiger partial charge >= 0.3 is 0 Å². The summed E-state index contributed by atoms with van der Waals surface area (Å²) in [6.07, 6.45) is 1.01. The van der Waals surface area contributed by atoms with Crippen LogP contribution in [0.2, 0.25) is 0 Å². The first-order chi connectivity index (χ1) is 13.8. The third kappa shape index (κ3) is 3.44. The number of carbonyl (C=O) groups is 2. The molecule has 0 bridgehead atoms. The average molecular weight is 413 g/mol. The van der Waals surface area contributed by atoms with E-state index in [4.69, 9.17) is 0 Å². The van der Waals surface area contributed by atoms with Crippen LogP contribution < -0.4 is 0 Å². The highest BCUT2D eigenvalue weighted by molar-refractivity contribution is 7.89. The topological polar surface area (TPSA) is 74.8 Å². The molecule has 2 aliphatic rings. The lowest BCUT2D eigenvalue weighted by Gasteiger charge is -2.33. The van der Waals surface area contributed by atoms with E-state index in [1.807, 2.05) is 38.1 Å². The van der Waals surface area contributed by atoms with Crippen molar-refractivity contribution in [3.63, 3.8) is 0 Å². The summed E-state index contributed by atoms with van der Waals surface area (Å²) >= 11 is 0. The molecule has 0 aromatic heterocycles. The molecule has 0 saturated carbocycles. The molecule has 4 rings (SSSR count). The molecule has 0 N–H and O–H groups in total. The zero-order valence-corrected chi connectivity index (χ0v) is 17.4. The van der Waals surface area contributed by atoms with E-state index in [-0.39, 0.29) is 23.6 Å². The Labute approximate surface area is 171 Å².